The minimum absolute atomic E-state index is 0. The van der Waals surface area contributed by atoms with Gasteiger partial charge in [-0.1, -0.05) is 29.3 Å². The van der Waals surface area contributed by atoms with Gasteiger partial charge >= 0.3 is 0 Å². The van der Waals surface area contributed by atoms with Crippen LogP contribution in [0, 0.1) is 0 Å². The van der Waals surface area contributed by atoms with Gasteiger partial charge in [-0.15, -0.1) is 19.0 Å². The fourth-order valence-electron chi connectivity index (χ4n) is 1.11. The third-order valence-electron chi connectivity index (χ3n) is 1.89. The van der Waals surface area contributed by atoms with Crippen molar-refractivity contribution in [2.24, 2.45) is 5.73 Å². The molecule has 0 aliphatic rings. The van der Waals surface area contributed by atoms with Crippen LogP contribution in [0.4, 0.5) is 0 Å². The molecule has 0 bridgehead atoms. The molecule has 0 unspecified atom stereocenters. The summed E-state index contributed by atoms with van der Waals surface area (Å²) < 4.78 is 0. The zero-order chi connectivity index (χ0) is 10.7. The summed E-state index contributed by atoms with van der Waals surface area (Å²) in [5.74, 6) is -0.108. The van der Waals surface area contributed by atoms with Crippen molar-refractivity contribution in [1.29, 1.82) is 0 Å². The monoisotopic (exact) mass is 267 g/mol. The molecular formula is C10H12Cl3NO. The van der Waals surface area contributed by atoms with E-state index in [4.69, 9.17) is 28.9 Å². The van der Waals surface area contributed by atoms with Gasteiger partial charge in [-0.05, 0) is 24.1 Å². The van der Waals surface area contributed by atoms with Gasteiger partial charge in [0.2, 0.25) is 0 Å². The summed E-state index contributed by atoms with van der Waals surface area (Å²) in [6.45, 7) is 3.59. The zero-order valence-electron chi connectivity index (χ0n) is 7.91. The fourth-order valence-corrected chi connectivity index (χ4v) is 1.62. The lowest BCUT2D eigenvalue weighted by molar-refractivity contribution is 0.475. The normalized spacial score (nSPS) is 11.7. The van der Waals surface area contributed by atoms with Crippen molar-refractivity contribution >= 4 is 35.6 Å². The van der Waals surface area contributed by atoms with Crippen LogP contribution in [0.25, 0.3) is 0 Å². The van der Waals surface area contributed by atoms with E-state index in [0.717, 1.165) is 5.56 Å². The molecule has 0 heterocycles. The van der Waals surface area contributed by atoms with E-state index < -0.39 is 0 Å². The van der Waals surface area contributed by atoms with E-state index in [0.29, 0.717) is 6.42 Å². The van der Waals surface area contributed by atoms with Crippen LogP contribution < -0.4 is 5.73 Å². The number of hydrogen-bond acceptors (Lipinski definition) is 2. The third-order valence-corrected chi connectivity index (χ3v) is 2.46. The maximum absolute atomic E-state index is 9.32. The van der Waals surface area contributed by atoms with Crippen LogP contribution in [-0.2, 0) is 0 Å². The molecule has 0 saturated carbocycles. The highest BCUT2D eigenvalue weighted by Gasteiger charge is 2.10. The van der Waals surface area contributed by atoms with Gasteiger partial charge < -0.3 is 10.8 Å². The van der Waals surface area contributed by atoms with Crippen LogP contribution in [-0.4, -0.2) is 5.11 Å². The van der Waals surface area contributed by atoms with Crippen LogP contribution in [0.15, 0.2) is 24.8 Å². The Kier molecular flexibility index (Phi) is 6.06. The van der Waals surface area contributed by atoms with E-state index in [1.165, 1.54) is 0 Å². The number of rotatable bonds is 3. The van der Waals surface area contributed by atoms with Crippen LogP contribution in [0.5, 0.6) is 5.75 Å². The summed E-state index contributed by atoms with van der Waals surface area (Å²) in [5.41, 5.74) is 6.61. The Labute approximate surface area is 105 Å². The second kappa shape index (κ2) is 6.23. The highest BCUT2D eigenvalue weighted by molar-refractivity contribution is 6.37. The number of phenols is 1. The van der Waals surface area contributed by atoms with Gasteiger partial charge in [-0.3, -0.25) is 0 Å². The lowest BCUT2D eigenvalue weighted by Gasteiger charge is -2.11. The molecule has 0 fully saturated rings. The first-order valence-electron chi connectivity index (χ1n) is 4.10. The van der Waals surface area contributed by atoms with E-state index in [2.05, 4.69) is 6.58 Å². The second-order valence-electron chi connectivity index (χ2n) is 2.96. The van der Waals surface area contributed by atoms with Crippen molar-refractivity contribution in [3.05, 3.63) is 40.4 Å². The Hall–Kier alpha value is -0.410. The van der Waals surface area contributed by atoms with Gasteiger partial charge in [0.25, 0.3) is 0 Å². The maximum Gasteiger partial charge on any atom is 0.152 e. The summed E-state index contributed by atoms with van der Waals surface area (Å²) in [4.78, 5) is 0. The first-order valence-corrected chi connectivity index (χ1v) is 4.86. The molecule has 0 saturated heterocycles. The summed E-state index contributed by atoms with van der Waals surface area (Å²) in [6.07, 6.45) is 2.36. The third kappa shape index (κ3) is 3.58. The molecule has 0 amide bonds. The van der Waals surface area contributed by atoms with Crippen LogP contribution in [0.2, 0.25) is 10.0 Å². The first-order chi connectivity index (χ1) is 6.56. The molecule has 1 aromatic rings. The number of phenolic OH excluding ortho intramolecular Hbond substituents is 1. The average Bonchev–Trinajstić information content (AvgIpc) is 2.13. The molecule has 2 nitrogen and oxygen atoms in total. The van der Waals surface area contributed by atoms with Crippen molar-refractivity contribution in [2.45, 2.75) is 12.5 Å². The highest BCUT2D eigenvalue weighted by Crippen LogP contribution is 2.34. The van der Waals surface area contributed by atoms with E-state index in [-0.39, 0.29) is 34.2 Å². The molecule has 1 aromatic carbocycles. The molecular weight excluding hydrogens is 256 g/mol. The van der Waals surface area contributed by atoms with Crippen molar-refractivity contribution in [3.8, 4) is 5.75 Å². The first kappa shape index (κ1) is 14.6. The molecule has 0 spiro atoms. The number of halogens is 3. The van der Waals surface area contributed by atoms with E-state index in [9.17, 15) is 5.11 Å². The van der Waals surface area contributed by atoms with E-state index in [1.807, 2.05) is 0 Å². The van der Waals surface area contributed by atoms with Crippen molar-refractivity contribution in [1.82, 2.24) is 0 Å². The number of nitrogens with two attached hydrogens (primary N) is 1. The molecule has 1 rings (SSSR count). The number of benzene rings is 1. The topological polar surface area (TPSA) is 46.2 Å². The highest BCUT2D eigenvalue weighted by atomic mass is 35.5. The van der Waals surface area contributed by atoms with Gasteiger partial charge in [0, 0.05) is 6.04 Å². The summed E-state index contributed by atoms with van der Waals surface area (Å²) >= 11 is 11.5. The Balaban J connectivity index is 0.00000196. The van der Waals surface area contributed by atoms with Crippen molar-refractivity contribution in [3.63, 3.8) is 0 Å². The van der Waals surface area contributed by atoms with Gasteiger partial charge in [0.1, 0.15) is 0 Å². The quantitative estimate of drug-likeness (QED) is 0.821. The molecule has 0 aliphatic heterocycles. The molecule has 0 aromatic heterocycles. The molecule has 5 heteroatoms. The Morgan fingerprint density at radius 2 is 1.87 bits per heavy atom. The van der Waals surface area contributed by atoms with E-state index >= 15 is 0 Å². The number of hydrogen-bond donors (Lipinski definition) is 2. The van der Waals surface area contributed by atoms with Crippen LogP contribution in [0.3, 0.4) is 0 Å². The van der Waals surface area contributed by atoms with Crippen LogP contribution >= 0.6 is 35.6 Å². The summed E-state index contributed by atoms with van der Waals surface area (Å²) in [7, 11) is 0. The van der Waals surface area contributed by atoms with Gasteiger partial charge in [0.05, 0.1) is 10.0 Å². The summed E-state index contributed by atoms with van der Waals surface area (Å²) in [6, 6.07) is 3.02. The number of aromatic hydroxyl groups is 1. The Bertz CT molecular complexity index is 332. The summed E-state index contributed by atoms with van der Waals surface area (Å²) in [5, 5.41) is 9.75. The van der Waals surface area contributed by atoms with Crippen molar-refractivity contribution in [2.75, 3.05) is 0 Å². The SMILES string of the molecule is C=CC[C@@H](N)c1cc(Cl)c(O)c(Cl)c1.Cl. The predicted octanol–water partition coefficient (Wildman–Crippen LogP) is 3.70. The van der Waals surface area contributed by atoms with Crippen molar-refractivity contribution < 1.29 is 5.11 Å². The smallest absolute Gasteiger partial charge is 0.152 e. The fraction of sp³-hybridized carbons (Fsp3) is 0.200. The second-order valence-corrected chi connectivity index (χ2v) is 3.78. The molecule has 0 aliphatic carbocycles. The van der Waals surface area contributed by atoms with Gasteiger partial charge in [-0.2, -0.15) is 0 Å². The molecule has 3 N–H and O–H groups in total. The largest absolute Gasteiger partial charge is 0.505 e. The molecule has 15 heavy (non-hydrogen) atoms. The van der Waals surface area contributed by atoms with Gasteiger partial charge in [-0.25, -0.2) is 0 Å². The van der Waals surface area contributed by atoms with Crippen LogP contribution in [0.1, 0.15) is 18.0 Å². The average molecular weight is 269 g/mol. The maximum atomic E-state index is 9.32. The molecule has 84 valence electrons. The minimum Gasteiger partial charge on any atom is -0.505 e. The zero-order valence-corrected chi connectivity index (χ0v) is 10.2. The van der Waals surface area contributed by atoms with E-state index in [1.54, 1.807) is 18.2 Å². The standard InChI is InChI=1S/C10H11Cl2NO.ClH/c1-2-3-9(13)6-4-7(11)10(14)8(12)5-6;/h2,4-5,9,14H,1,3,13H2;1H/t9-;/m1./s1. The Morgan fingerprint density at radius 3 is 2.27 bits per heavy atom. The predicted molar refractivity (Wildman–Crippen MR) is 67.1 cm³/mol. The lowest BCUT2D eigenvalue weighted by atomic mass is 10.0. The molecule has 0 radical (unpaired) electrons. The Morgan fingerprint density at radius 1 is 1.40 bits per heavy atom. The lowest BCUT2D eigenvalue weighted by Crippen LogP contribution is -2.08. The minimum atomic E-state index is -0.192. The van der Waals surface area contributed by atoms with Gasteiger partial charge in [0.15, 0.2) is 5.75 Å². The molecule has 1 atom stereocenters.